The quantitative estimate of drug-likeness (QED) is 0.309. The van der Waals surface area contributed by atoms with E-state index in [9.17, 15) is 18.8 Å². The lowest BCUT2D eigenvalue weighted by Crippen LogP contribution is -2.70. The number of ether oxygens (including phenoxy) is 4. The van der Waals surface area contributed by atoms with Crippen LogP contribution in [0.2, 0.25) is 0 Å². The lowest BCUT2D eigenvalue weighted by molar-refractivity contribution is -0.0621. The molecule has 7 rings (SSSR count). The van der Waals surface area contributed by atoms with Gasteiger partial charge in [0.1, 0.15) is 6.17 Å². The highest BCUT2D eigenvalue weighted by molar-refractivity contribution is 7.98. The molecule has 224 valence electrons. The van der Waals surface area contributed by atoms with Crippen LogP contribution in [0, 0.1) is 11.6 Å². The lowest BCUT2D eigenvalue weighted by atomic mass is 9.92. The number of benzene rings is 2. The predicted molar refractivity (Wildman–Crippen MR) is 149 cm³/mol. The van der Waals surface area contributed by atoms with Crippen LogP contribution >= 0.6 is 11.8 Å². The fourth-order valence-corrected chi connectivity index (χ4v) is 7.34. The fourth-order valence-electron chi connectivity index (χ4n) is 6.23. The number of rotatable bonds is 5. The first kappa shape index (κ1) is 27.7. The molecule has 1 saturated heterocycles. The molecular weight excluding hydrogens is 584 g/mol. The Hall–Kier alpha value is -4.10. The van der Waals surface area contributed by atoms with Crippen molar-refractivity contribution in [3.63, 3.8) is 0 Å². The summed E-state index contributed by atoms with van der Waals surface area (Å²) in [5.74, 6) is -2.41. The molecule has 0 N–H and O–H groups in total. The maximum absolute atomic E-state index is 15.4. The van der Waals surface area contributed by atoms with Gasteiger partial charge in [-0.15, -0.1) is 11.8 Å². The first-order valence-electron chi connectivity index (χ1n) is 13.9. The Kier molecular flexibility index (Phi) is 6.81. The maximum atomic E-state index is 15.4. The summed E-state index contributed by atoms with van der Waals surface area (Å²) in [5.41, 5.74) is 0.328. The van der Waals surface area contributed by atoms with E-state index in [0.29, 0.717) is 25.0 Å². The second kappa shape index (κ2) is 10.6. The van der Waals surface area contributed by atoms with Gasteiger partial charge in [0, 0.05) is 28.5 Å². The molecule has 13 heteroatoms. The molecule has 4 aliphatic rings. The summed E-state index contributed by atoms with van der Waals surface area (Å²) in [6.45, 7) is 1.52. The molecule has 1 amide bonds. The summed E-state index contributed by atoms with van der Waals surface area (Å²) in [4.78, 5) is 41.9. The monoisotopic (exact) mass is 611 g/mol. The molecule has 1 spiro atoms. The van der Waals surface area contributed by atoms with Crippen molar-refractivity contribution in [2.45, 2.75) is 48.2 Å². The van der Waals surface area contributed by atoms with Gasteiger partial charge in [-0.25, -0.2) is 13.6 Å². The summed E-state index contributed by atoms with van der Waals surface area (Å²) in [7, 11) is 0. The van der Waals surface area contributed by atoms with Crippen LogP contribution in [0.25, 0.3) is 0 Å². The summed E-state index contributed by atoms with van der Waals surface area (Å²) in [5, 5.41) is 1.88. The van der Waals surface area contributed by atoms with Gasteiger partial charge < -0.3 is 23.8 Å². The molecule has 2 aromatic carbocycles. The second-order valence-electron chi connectivity index (χ2n) is 10.7. The van der Waals surface area contributed by atoms with E-state index in [-0.39, 0.29) is 36.0 Å². The van der Waals surface area contributed by atoms with Crippen molar-refractivity contribution >= 4 is 23.8 Å². The third-order valence-corrected chi connectivity index (χ3v) is 9.42. The predicted octanol–water partition coefficient (Wildman–Crippen LogP) is 4.31. The van der Waals surface area contributed by atoms with Gasteiger partial charge in [-0.3, -0.25) is 19.3 Å². The van der Waals surface area contributed by atoms with E-state index in [4.69, 9.17) is 18.9 Å². The molecule has 10 nitrogen and oxygen atoms in total. The molecule has 3 aliphatic heterocycles. The number of carbonyl (C=O) groups is 2. The summed E-state index contributed by atoms with van der Waals surface area (Å²) in [6.07, 6.45) is 1.25. The van der Waals surface area contributed by atoms with E-state index in [1.165, 1.54) is 28.7 Å². The number of thioether (sulfide) groups is 1. The van der Waals surface area contributed by atoms with Crippen LogP contribution in [0.5, 0.6) is 5.75 Å². The van der Waals surface area contributed by atoms with Crippen LogP contribution in [-0.2, 0) is 20.0 Å². The second-order valence-corrected chi connectivity index (χ2v) is 11.7. The number of carbonyl (C=O) groups excluding carboxylic acids is 2. The molecule has 3 aromatic rings. The van der Waals surface area contributed by atoms with Crippen LogP contribution in [0.15, 0.2) is 58.4 Å². The van der Waals surface area contributed by atoms with Crippen LogP contribution in [0.1, 0.15) is 53.0 Å². The van der Waals surface area contributed by atoms with E-state index < -0.39 is 53.7 Å². The number of pyridine rings is 1. The fraction of sp³-hybridized carbons (Fsp3) is 0.367. The molecule has 1 saturated carbocycles. The van der Waals surface area contributed by atoms with Crippen LogP contribution < -0.4 is 15.2 Å². The van der Waals surface area contributed by atoms with E-state index in [2.05, 4.69) is 0 Å². The Morgan fingerprint density at radius 3 is 2.70 bits per heavy atom. The number of hydrogen-bond donors (Lipinski definition) is 0. The van der Waals surface area contributed by atoms with Crippen molar-refractivity contribution < 1.29 is 37.3 Å². The van der Waals surface area contributed by atoms with Crippen LogP contribution in [0.3, 0.4) is 0 Å². The molecule has 43 heavy (non-hydrogen) atoms. The van der Waals surface area contributed by atoms with Crippen molar-refractivity contribution in [2.24, 2.45) is 0 Å². The maximum Gasteiger partial charge on any atom is 0.511 e. The highest BCUT2D eigenvalue weighted by atomic mass is 32.2. The third-order valence-electron chi connectivity index (χ3n) is 8.30. The number of amides is 1. The third kappa shape index (κ3) is 4.44. The number of aromatic nitrogens is 1. The van der Waals surface area contributed by atoms with Crippen LogP contribution in [0.4, 0.5) is 13.6 Å². The normalized spacial score (nSPS) is 21.2. The number of halogens is 2. The van der Waals surface area contributed by atoms with Crippen molar-refractivity contribution in [3.05, 3.63) is 92.9 Å². The van der Waals surface area contributed by atoms with E-state index in [0.717, 1.165) is 16.5 Å². The Morgan fingerprint density at radius 2 is 1.91 bits per heavy atom. The minimum absolute atomic E-state index is 0.0668. The Labute approximate surface area is 249 Å². The Morgan fingerprint density at radius 1 is 1.09 bits per heavy atom. The number of hydrogen-bond acceptors (Lipinski definition) is 9. The average Bonchev–Trinajstić information content (AvgIpc) is 3.79. The number of nitrogens with zero attached hydrogens (tertiary/aromatic N) is 3. The van der Waals surface area contributed by atoms with Gasteiger partial charge in [0.15, 0.2) is 17.3 Å². The zero-order chi connectivity index (χ0) is 29.9. The van der Waals surface area contributed by atoms with Gasteiger partial charge in [-0.2, -0.15) is 0 Å². The van der Waals surface area contributed by atoms with Crippen molar-refractivity contribution in [2.75, 3.05) is 31.6 Å². The summed E-state index contributed by atoms with van der Waals surface area (Å²) >= 11 is 1.40. The molecule has 2 atom stereocenters. The standard InChI is InChI=1S/C30H27F2N3O7S/c1-2-40-29(38)42-16-41-27-21(36)9-12-33-26(27)28(37)34-23(13-39-15-30(34)10-11-30)35(33)25-17-7-8-20(31)24(32)19(17)14-43-22-6-4-3-5-18(22)25/h3-9,12,23,25H,2,10-11,13-16H2,1H3/t23-,25+/m1/s1. The number of fused-ring (bicyclic) bond motifs is 5. The smallest absolute Gasteiger partial charge is 0.451 e. The number of morpholine rings is 1. The van der Waals surface area contributed by atoms with Crippen molar-refractivity contribution in [1.82, 2.24) is 9.58 Å². The molecule has 4 heterocycles. The highest BCUT2D eigenvalue weighted by Gasteiger charge is 2.60. The first-order chi connectivity index (χ1) is 20.8. The average molecular weight is 612 g/mol. The van der Waals surface area contributed by atoms with Crippen molar-refractivity contribution in [3.8, 4) is 5.75 Å². The first-order valence-corrected chi connectivity index (χ1v) is 14.9. The molecule has 0 radical (unpaired) electrons. The molecule has 0 unspecified atom stereocenters. The van der Waals surface area contributed by atoms with E-state index in [1.807, 2.05) is 29.3 Å². The van der Waals surface area contributed by atoms with Gasteiger partial charge in [-0.1, -0.05) is 24.3 Å². The van der Waals surface area contributed by atoms with Gasteiger partial charge in [-0.05, 0) is 43.0 Å². The molecular formula is C30H27F2N3O7S. The van der Waals surface area contributed by atoms with Gasteiger partial charge in [0.2, 0.25) is 18.0 Å². The zero-order valence-corrected chi connectivity index (χ0v) is 23.9. The minimum Gasteiger partial charge on any atom is -0.451 e. The Balaban J connectivity index is 1.44. The zero-order valence-electron chi connectivity index (χ0n) is 23.1. The van der Waals surface area contributed by atoms with Crippen LogP contribution in [-0.4, -0.2) is 60.0 Å². The SMILES string of the molecule is CCOC(=O)OCOc1c2n(ccc1=O)N([C@@H]1c3ccccc3SCc3c1ccc(F)c3F)[C@@H]1COCC3(CC3)N1C2=O. The Bertz CT molecular complexity index is 1690. The minimum atomic E-state index is -0.982. The molecule has 2 fully saturated rings. The lowest BCUT2D eigenvalue weighted by Gasteiger charge is -2.54. The van der Waals surface area contributed by atoms with Crippen molar-refractivity contribution in [1.29, 1.82) is 0 Å². The van der Waals surface area contributed by atoms with E-state index in [1.54, 1.807) is 17.9 Å². The van der Waals surface area contributed by atoms with E-state index >= 15 is 4.39 Å². The molecule has 0 bridgehead atoms. The molecule has 1 aromatic heterocycles. The topological polar surface area (TPSA) is 99.5 Å². The van der Waals surface area contributed by atoms with Gasteiger partial charge in [0.05, 0.1) is 31.4 Å². The molecule has 1 aliphatic carbocycles. The summed E-state index contributed by atoms with van der Waals surface area (Å²) < 4.78 is 52.9. The highest BCUT2D eigenvalue weighted by Crippen LogP contribution is 2.51. The van der Waals surface area contributed by atoms with Gasteiger partial charge in [0.25, 0.3) is 5.91 Å². The van der Waals surface area contributed by atoms with Gasteiger partial charge >= 0.3 is 6.16 Å². The summed E-state index contributed by atoms with van der Waals surface area (Å²) in [6, 6.07) is 10.8. The largest absolute Gasteiger partial charge is 0.511 e.